The van der Waals surface area contributed by atoms with Crippen molar-refractivity contribution in [3.8, 4) is 0 Å². The predicted octanol–water partition coefficient (Wildman–Crippen LogP) is 3.91. The quantitative estimate of drug-likeness (QED) is 0.640. The number of benzene rings is 2. The Morgan fingerprint density at radius 3 is 2.33 bits per heavy atom. The molecule has 6 nitrogen and oxygen atoms in total. The van der Waals surface area contributed by atoms with Crippen LogP contribution >= 0.6 is 11.6 Å². The summed E-state index contributed by atoms with van der Waals surface area (Å²) in [5.41, 5.74) is 0.609. The third kappa shape index (κ3) is 4.97. The summed E-state index contributed by atoms with van der Waals surface area (Å²) in [5, 5.41) is 4.15. The van der Waals surface area contributed by atoms with Crippen molar-refractivity contribution in [3.05, 3.63) is 65.2 Å². The van der Waals surface area contributed by atoms with Crippen molar-refractivity contribution in [1.29, 1.82) is 0 Å². The Kier molecular flexibility index (Phi) is 7.15. The molecule has 0 aliphatic carbocycles. The molecule has 2 heterocycles. The van der Waals surface area contributed by atoms with Crippen LogP contribution in [-0.4, -0.2) is 54.9 Å². The van der Waals surface area contributed by atoms with E-state index in [4.69, 9.17) is 11.6 Å². The Bertz CT molecular complexity index is 1070. The van der Waals surface area contributed by atoms with E-state index in [-0.39, 0.29) is 16.8 Å². The van der Waals surface area contributed by atoms with Gasteiger partial charge in [0.1, 0.15) is 0 Å². The lowest BCUT2D eigenvalue weighted by molar-refractivity contribution is -0.134. The Balaban J connectivity index is 1.53. The first kappa shape index (κ1) is 24.2. The van der Waals surface area contributed by atoms with E-state index in [2.05, 4.69) is 19.2 Å². The summed E-state index contributed by atoms with van der Waals surface area (Å²) >= 11 is 5.93. The summed E-state index contributed by atoms with van der Waals surface area (Å²) in [6, 6.07) is 16.0. The number of rotatable bonds is 7. The van der Waals surface area contributed by atoms with E-state index in [0.29, 0.717) is 49.8 Å². The first-order chi connectivity index (χ1) is 15.7. The third-order valence-corrected chi connectivity index (χ3v) is 9.16. The highest BCUT2D eigenvalue weighted by Gasteiger charge is 2.52. The highest BCUT2D eigenvalue weighted by atomic mass is 35.5. The molecule has 0 saturated carbocycles. The summed E-state index contributed by atoms with van der Waals surface area (Å²) in [6.45, 7) is 5.69. The molecule has 4 rings (SSSR count). The van der Waals surface area contributed by atoms with Crippen molar-refractivity contribution in [2.24, 2.45) is 5.92 Å². The minimum Gasteiger partial charge on any atom is -0.323 e. The van der Waals surface area contributed by atoms with Crippen molar-refractivity contribution < 1.29 is 13.2 Å². The van der Waals surface area contributed by atoms with E-state index in [1.165, 1.54) is 4.31 Å². The molecule has 0 bridgehead atoms. The number of hydrogen-bond donors (Lipinski definition) is 1. The van der Waals surface area contributed by atoms with Crippen LogP contribution < -0.4 is 5.32 Å². The Morgan fingerprint density at radius 2 is 1.73 bits per heavy atom. The van der Waals surface area contributed by atoms with Crippen LogP contribution in [0.25, 0.3) is 0 Å². The van der Waals surface area contributed by atoms with Gasteiger partial charge in [0, 0.05) is 24.7 Å². The van der Waals surface area contributed by atoms with Gasteiger partial charge in [-0.3, -0.25) is 10.1 Å². The van der Waals surface area contributed by atoms with Crippen molar-refractivity contribution in [2.75, 3.05) is 19.6 Å². The second-order valence-electron chi connectivity index (χ2n) is 9.24. The van der Waals surface area contributed by atoms with Gasteiger partial charge >= 0.3 is 0 Å². The van der Waals surface area contributed by atoms with Gasteiger partial charge in [-0.1, -0.05) is 62.2 Å². The molecule has 1 spiro atoms. The molecule has 0 aromatic heterocycles. The number of nitrogens with one attached hydrogen (secondary N) is 1. The number of amides is 1. The summed E-state index contributed by atoms with van der Waals surface area (Å²) in [5.74, 6) is 0.493. The lowest BCUT2D eigenvalue weighted by atomic mass is 9.95. The van der Waals surface area contributed by atoms with Gasteiger partial charge in [-0.15, -0.1) is 0 Å². The lowest BCUT2D eigenvalue weighted by Gasteiger charge is -2.45. The van der Waals surface area contributed by atoms with Crippen LogP contribution in [0.1, 0.15) is 38.7 Å². The molecule has 1 N–H and O–H groups in total. The number of hydrogen-bond acceptors (Lipinski definition) is 4. The topological polar surface area (TPSA) is 69.7 Å². The molecule has 2 aromatic rings. The molecular weight excluding hydrogens is 458 g/mol. The van der Waals surface area contributed by atoms with Crippen LogP contribution in [0, 0.1) is 5.92 Å². The first-order valence-electron chi connectivity index (χ1n) is 11.6. The van der Waals surface area contributed by atoms with Gasteiger partial charge in [0.05, 0.1) is 16.6 Å². The highest BCUT2D eigenvalue weighted by molar-refractivity contribution is 7.89. The molecule has 2 aliphatic heterocycles. The molecule has 0 unspecified atom stereocenters. The number of nitrogens with zero attached hydrogens (tertiary/aromatic N) is 2. The van der Waals surface area contributed by atoms with Gasteiger partial charge in [-0.25, -0.2) is 8.42 Å². The molecule has 2 fully saturated rings. The van der Waals surface area contributed by atoms with Crippen LogP contribution in [0.5, 0.6) is 0 Å². The van der Waals surface area contributed by atoms with Crippen LogP contribution in [-0.2, 0) is 21.2 Å². The maximum Gasteiger partial charge on any atom is 0.243 e. The summed E-state index contributed by atoms with van der Waals surface area (Å²) in [4.78, 5) is 15.7. The molecule has 2 atom stereocenters. The van der Waals surface area contributed by atoms with E-state index < -0.39 is 15.7 Å². The molecule has 2 saturated heterocycles. The maximum absolute atomic E-state index is 13.5. The normalized spacial score (nSPS) is 22.1. The van der Waals surface area contributed by atoms with E-state index >= 15 is 0 Å². The maximum atomic E-state index is 13.5. The van der Waals surface area contributed by atoms with Gasteiger partial charge < -0.3 is 4.90 Å². The highest BCUT2D eigenvalue weighted by Crippen LogP contribution is 2.36. The van der Waals surface area contributed by atoms with E-state index in [0.717, 1.165) is 12.0 Å². The van der Waals surface area contributed by atoms with Crippen LogP contribution in [0.15, 0.2) is 59.5 Å². The van der Waals surface area contributed by atoms with Gasteiger partial charge in [0.25, 0.3) is 0 Å². The fourth-order valence-electron chi connectivity index (χ4n) is 4.82. The molecule has 8 heteroatoms. The molecule has 178 valence electrons. The average Bonchev–Trinajstić information content (AvgIpc) is 3.05. The molecule has 2 aromatic carbocycles. The van der Waals surface area contributed by atoms with Crippen molar-refractivity contribution in [1.82, 2.24) is 14.5 Å². The van der Waals surface area contributed by atoms with Crippen molar-refractivity contribution >= 4 is 27.5 Å². The van der Waals surface area contributed by atoms with Crippen LogP contribution in [0.3, 0.4) is 0 Å². The van der Waals surface area contributed by atoms with E-state index in [1.54, 1.807) is 24.3 Å². The van der Waals surface area contributed by atoms with Gasteiger partial charge in [0.15, 0.2) is 0 Å². The van der Waals surface area contributed by atoms with E-state index in [1.807, 2.05) is 35.2 Å². The fourth-order valence-corrected chi connectivity index (χ4v) is 6.39. The predicted molar refractivity (Wildman–Crippen MR) is 130 cm³/mol. The number of halogens is 1. The summed E-state index contributed by atoms with van der Waals surface area (Å²) in [6.07, 6.45) is 2.74. The smallest absolute Gasteiger partial charge is 0.243 e. The Labute approximate surface area is 202 Å². The Hall–Kier alpha value is -1.93. The van der Waals surface area contributed by atoms with Crippen LogP contribution in [0.2, 0.25) is 5.02 Å². The molecular formula is C25H32ClN3O3S. The lowest BCUT2D eigenvalue weighted by Crippen LogP contribution is -2.60. The second kappa shape index (κ2) is 9.74. The number of piperidine rings is 1. The number of carbonyl (C=O) groups excluding carboxylic acids is 1. The standard InChI is InChI=1S/C25H32ClN3O3S/c1-3-19(2)18-29-24(30)23(17-20-7-5-4-6-8-20)27-25(29)13-15-28(16-14-25)33(31,32)22-11-9-21(26)10-12-22/h4-12,19,23,27H,3,13-18H2,1-2H3/t19-,23+/m1/s1. The number of carbonyl (C=O) groups is 1. The van der Waals surface area contributed by atoms with E-state index in [9.17, 15) is 13.2 Å². The SMILES string of the molecule is CC[C@@H](C)CN1C(=O)[C@H](Cc2ccccc2)NC12CCN(S(=O)(=O)c1ccc(Cl)cc1)CC2. The molecule has 2 aliphatic rings. The van der Waals surface area contributed by atoms with Gasteiger partial charge in [-0.05, 0) is 55.0 Å². The van der Waals surface area contributed by atoms with Gasteiger partial charge in [0.2, 0.25) is 15.9 Å². The number of sulfonamides is 1. The largest absolute Gasteiger partial charge is 0.323 e. The monoisotopic (exact) mass is 489 g/mol. The second-order valence-corrected chi connectivity index (χ2v) is 11.6. The minimum atomic E-state index is -3.60. The van der Waals surface area contributed by atoms with Crippen molar-refractivity contribution in [2.45, 2.75) is 56.1 Å². The Morgan fingerprint density at radius 1 is 1.09 bits per heavy atom. The molecule has 0 radical (unpaired) electrons. The van der Waals surface area contributed by atoms with Crippen LogP contribution in [0.4, 0.5) is 0 Å². The molecule has 33 heavy (non-hydrogen) atoms. The summed E-state index contributed by atoms with van der Waals surface area (Å²) < 4.78 is 27.8. The third-order valence-electron chi connectivity index (χ3n) is 7.00. The van der Waals surface area contributed by atoms with Crippen molar-refractivity contribution in [3.63, 3.8) is 0 Å². The zero-order valence-corrected chi connectivity index (χ0v) is 20.8. The van der Waals surface area contributed by atoms with Gasteiger partial charge in [-0.2, -0.15) is 4.31 Å². The fraction of sp³-hybridized carbons (Fsp3) is 0.480. The molecule has 1 amide bonds. The zero-order chi connectivity index (χ0) is 23.6. The first-order valence-corrected chi connectivity index (χ1v) is 13.5. The minimum absolute atomic E-state index is 0.119. The summed E-state index contributed by atoms with van der Waals surface area (Å²) in [7, 11) is -3.60. The zero-order valence-electron chi connectivity index (χ0n) is 19.2. The average molecular weight is 490 g/mol.